The molecule has 0 aromatic carbocycles. The first kappa shape index (κ1) is 15.0. The van der Waals surface area contributed by atoms with E-state index in [0.717, 1.165) is 11.8 Å². The van der Waals surface area contributed by atoms with Gasteiger partial charge in [-0.15, -0.1) is 0 Å². The summed E-state index contributed by atoms with van der Waals surface area (Å²) < 4.78 is 11.4. The summed E-state index contributed by atoms with van der Waals surface area (Å²) in [5, 5.41) is 2.95. The highest BCUT2D eigenvalue weighted by Crippen LogP contribution is 2.65. The Bertz CT molecular complexity index is 426. The molecule has 0 saturated heterocycles. The molecule has 20 heavy (non-hydrogen) atoms. The lowest BCUT2D eigenvalue weighted by molar-refractivity contribution is -0.128. The predicted molar refractivity (Wildman–Crippen MR) is 85.3 cm³/mol. The summed E-state index contributed by atoms with van der Waals surface area (Å²) in [6, 6.07) is 0. The second-order valence-electron chi connectivity index (χ2n) is 7.42. The van der Waals surface area contributed by atoms with Crippen molar-refractivity contribution in [2.75, 3.05) is 18.6 Å². The van der Waals surface area contributed by atoms with Crippen molar-refractivity contribution < 1.29 is 9.00 Å². The van der Waals surface area contributed by atoms with Gasteiger partial charge in [0.15, 0.2) is 0 Å². The van der Waals surface area contributed by atoms with Crippen LogP contribution in [0.1, 0.15) is 44.9 Å². The van der Waals surface area contributed by atoms with Crippen molar-refractivity contribution in [3.8, 4) is 0 Å². The average molecular weight is 362 g/mol. The SMILES string of the molecule is CS(=O)CCNC(=O)CC12CC3CC(CC(Br)(C3)C1)C2. The molecule has 3 unspecified atom stereocenters. The lowest BCUT2D eigenvalue weighted by Gasteiger charge is -2.60. The van der Waals surface area contributed by atoms with E-state index in [1.165, 1.54) is 38.5 Å². The molecule has 3 nitrogen and oxygen atoms in total. The lowest BCUT2D eigenvalue weighted by Crippen LogP contribution is -2.54. The van der Waals surface area contributed by atoms with Crippen molar-refractivity contribution in [3.63, 3.8) is 0 Å². The van der Waals surface area contributed by atoms with Crippen molar-refractivity contribution in [1.29, 1.82) is 0 Å². The summed E-state index contributed by atoms with van der Waals surface area (Å²) in [5.74, 6) is 2.37. The molecule has 1 amide bonds. The number of hydrogen-bond acceptors (Lipinski definition) is 2. The molecule has 3 atom stereocenters. The van der Waals surface area contributed by atoms with Crippen molar-refractivity contribution in [2.45, 2.75) is 49.3 Å². The largest absolute Gasteiger partial charge is 0.355 e. The maximum Gasteiger partial charge on any atom is 0.220 e. The highest BCUT2D eigenvalue weighted by Gasteiger charge is 2.57. The third-order valence-corrected chi connectivity index (χ3v) is 7.06. The van der Waals surface area contributed by atoms with Crippen molar-refractivity contribution in [2.24, 2.45) is 17.3 Å². The van der Waals surface area contributed by atoms with Gasteiger partial charge in [0.05, 0.1) is 0 Å². The van der Waals surface area contributed by atoms with Gasteiger partial charge in [0.25, 0.3) is 0 Å². The highest BCUT2D eigenvalue weighted by molar-refractivity contribution is 9.10. The van der Waals surface area contributed by atoms with Gasteiger partial charge in [-0.1, -0.05) is 15.9 Å². The van der Waals surface area contributed by atoms with E-state index in [4.69, 9.17) is 0 Å². The number of amides is 1. The molecule has 1 N–H and O–H groups in total. The van der Waals surface area contributed by atoms with Gasteiger partial charge in [0.1, 0.15) is 0 Å². The molecule has 4 aliphatic rings. The van der Waals surface area contributed by atoms with E-state index in [-0.39, 0.29) is 11.3 Å². The van der Waals surface area contributed by atoms with E-state index in [1.807, 2.05) is 0 Å². The first-order valence-corrected chi connectivity index (χ1v) is 10.2. The van der Waals surface area contributed by atoms with Crippen molar-refractivity contribution in [3.05, 3.63) is 0 Å². The summed E-state index contributed by atoms with van der Waals surface area (Å²) in [5.41, 5.74) is 0.239. The highest BCUT2D eigenvalue weighted by atomic mass is 79.9. The molecule has 4 rings (SSSR count). The van der Waals surface area contributed by atoms with Gasteiger partial charge in [-0.2, -0.15) is 0 Å². The predicted octanol–water partition coefficient (Wildman–Crippen LogP) is 2.61. The van der Waals surface area contributed by atoms with Gasteiger partial charge < -0.3 is 5.32 Å². The van der Waals surface area contributed by atoms with Crippen LogP contribution < -0.4 is 5.32 Å². The topological polar surface area (TPSA) is 46.2 Å². The minimum absolute atomic E-state index is 0.161. The minimum atomic E-state index is -0.823. The summed E-state index contributed by atoms with van der Waals surface area (Å²) in [6.45, 7) is 0.546. The molecular formula is C15H24BrNO2S. The summed E-state index contributed by atoms with van der Waals surface area (Å²) in [4.78, 5) is 12.2. The molecule has 114 valence electrons. The Hall–Kier alpha value is 0.1000. The molecule has 4 aliphatic carbocycles. The maximum absolute atomic E-state index is 12.2. The fourth-order valence-electron chi connectivity index (χ4n) is 5.28. The molecule has 0 radical (unpaired) electrons. The second kappa shape index (κ2) is 5.38. The van der Waals surface area contributed by atoms with E-state index >= 15 is 0 Å². The number of nitrogens with one attached hydrogen (secondary N) is 1. The first-order chi connectivity index (χ1) is 9.38. The Morgan fingerprint density at radius 3 is 2.50 bits per heavy atom. The number of halogens is 1. The van der Waals surface area contributed by atoms with Crippen molar-refractivity contribution >= 4 is 32.6 Å². The Balaban J connectivity index is 1.59. The van der Waals surface area contributed by atoms with Crippen LogP contribution in [0.4, 0.5) is 0 Å². The van der Waals surface area contributed by atoms with Crippen LogP contribution in [0.5, 0.6) is 0 Å². The number of alkyl halides is 1. The Morgan fingerprint density at radius 2 is 1.95 bits per heavy atom. The molecular weight excluding hydrogens is 338 g/mol. The van der Waals surface area contributed by atoms with Crippen LogP contribution in [-0.2, 0) is 15.6 Å². The molecule has 0 aliphatic heterocycles. The second-order valence-corrected chi connectivity index (χ2v) is 10.7. The van der Waals surface area contributed by atoms with Crippen LogP contribution in [0.3, 0.4) is 0 Å². The van der Waals surface area contributed by atoms with Gasteiger partial charge in [-0.3, -0.25) is 9.00 Å². The fraction of sp³-hybridized carbons (Fsp3) is 0.933. The number of hydrogen-bond donors (Lipinski definition) is 1. The van der Waals surface area contributed by atoms with E-state index in [1.54, 1.807) is 6.26 Å². The van der Waals surface area contributed by atoms with Crippen molar-refractivity contribution in [1.82, 2.24) is 5.32 Å². The zero-order chi connectivity index (χ0) is 14.4. The van der Waals surface area contributed by atoms with E-state index < -0.39 is 10.8 Å². The van der Waals surface area contributed by atoms with Crippen LogP contribution in [-0.4, -0.2) is 33.0 Å². The van der Waals surface area contributed by atoms with Crippen LogP contribution in [0.25, 0.3) is 0 Å². The van der Waals surface area contributed by atoms with Crippen LogP contribution in [0, 0.1) is 17.3 Å². The van der Waals surface area contributed by atoms with Gasteiger partial charge >= 0.3 is 0 Å². The third-order valence-electron chi connectivity index (χ3n) is 5.36. The number of carbonyl (C=O) groups excluding carboxylic acids is 1. The van der Waals surface area contributed by atoms with Crippen LogP contribution >= 0.6 is 15.9 Å². The number of carbonyl (C=O) groups is 1. The van der Waals surface area contributed by atoms with Gasteiger partial charge in [-0.05, 0) is 55.8 Å². The molecule has 4 bridgehead atoms. The monoisotopic (exact) mass is 361 g/mol. The fourth-order valence-corrected chi connectivity index (χ4v) is 7.18. The molecule has 0 spiro atoms. The van der Waals surface area contributed by atoms with Gasteiger partial charge in [0.2, 0.25) is 5.91 Å². The van der Waals surface area contributed by atoms with Gasteiger partial charge in [-0.25, -0.2) is 0 Å². The average Bonchev–Trinajstić information content (AvgIpc) is 2.23. The van der Waals surface area contributed by atoms with Crippen LogP contribution in [0.2, 0.25) is 0 Å². The molecule has 0 aromatic heterocycles. The molecule has 4 saturated carbocycles. The minimum Gasteiger partial charge on any atom is -0.355 e. The zero-order valence-corrected chi connectivity index (χ0v) is 14.5. The summed E-state index contributed by atoms with van der Waals surface area (Å²) in [7, 11) is -0.823. The van der Waals surface area contributed by atoms with Crippen LogP contribution in [0.15, 0.2) is 0 Å². The first-order valence-electron chi connectivity index (χ1n) is 7.64. The molecule has 5 heteroatoms. The van der Waals surface area contributed by atoms with Gasteiger partial charge in [0, 0.05) is 40.1 Å². The van der Waals surface area contributed by atoms with E-state index in [9.17, 15) is 9.00 Å². The third kappa shape index (κ3) is 3.13. The summed E-state index contributed by atoms with van der Waals surface area (Å²) in [6.07, 6.45) is 9.99. The maximum atomic E-state index is 12.2. The molecule has 0 heterocycles. The Labute approximate surface area is 132 Å². The Kier molecular flexibility index (Phi) is 4.04. The smallest absolute Gasteiger partial charge is 0.220 e. The Morgan fingerprint density at radius 1 is 1.30 bits per heavy atom. The quantitative estimate of drug-likeness (QED) is 0.765. The normalized spacial score (nSPS) is 43.5. The molecule has 0 aromatic rings. The summed E-state index contributed by atoms with van der Waals surface area (Å²) >= 11 is 3.98. The standard InChI is InChI=1S/C15H24BrNO2S/c1-20(19)3-2-17-13(18)9-14-5-11-4-12(6-14)8-15(16,7-11)10-14/h11-12H,2-10H2,1H3,(H,17,18). The molecule has 4 fully saturated rings. The van der Waals surface area contributed by atoms with E-state index in [0.29, 0.717) is 23.0 Å². The lowest BCUT2D eigenvalue weighted by atomic mass is 9.48. The number of rotatable bonds is 5. The zero-order valence-electron chi connectivity index (χ0n) is 12.1. The van der Waals surface area contributed by atoms with E-state index in [2.05, 4.69) is 21.2 Å².